The fourth-order valence-corrected chi connectivity index (χ4v) is 1.13. The molecule has 13 heavy (non-hydrogen) atoms. The first-order valence-corrected chi connectivity index (χ1v) is 4.67. The molecule has 70 valence electrons. The Morgan fingerprint density at radius 2 is 2.00 bits per heavy atom. The van der Waals surface area contributed by atoms with Crippen LogP contribution in [0.3, 0.4) is 0 Å². The normalized spacial score (nSPS) is 17.5. The van der Waals surface area contributed by atoms with Crippen molar-refractivity contribution in [1.29, 1.82) is 0 Å². The van der Waals surface area contributed by atoms with Gasteiger partial charge in [0.15, 0.2) is 0 Å². The van der Waals surface area contributed by atoms with E-state index in [-0.39, 0.29) is 5.41 Å². The summed E-state index contributed by atoms with van der Waals surface area (Å²) in [6.07, 6.45) is 3.67. The number of rotatable bonds is 0. The van der Waals surface area contributed by atoms with Crippen LogP contribution in [0.2, 0.25) is 0 Å². The molecule has 2 heteroatoms. The lowest BCUT2D eigenvalue weighted by Crippen LogP contribution is -2.08. The van der Waals surface area contributed by atoms with Crippen LogP contribution >= 0.6 is 11.6 Å². The molecule has 0 aromatic heterocycles. The summed E-state index contributed by atoms with van der Waals surface area (Å²) in [7, 11) is 0. The Morgan fingerprint density at radius 1 is 1.38 bits per heavy atom. The maximum absolute atomic E-state index is 5.91. The van der Waals surface area contributed by atoms with Crippen molar-refractivity contribution in [3.8, 4) is 0 Å². The van der Waals surface area contributed by atoms with Gasteiger partial charge < -0.3 is 0 Å². The molecule has 0 saturated heterocycles. The van der Waals surface area contributed by atoms with E-state index in [4.69, 9.17) is 11.6 Å². The predicted octanol–water partition coefficient (Wildman–Crippen LogP) is 3.67. The zero-order valence-corrected chi connectivity index (χ0v) is 9.24. The van der Waals surface area contributed by atoms with Crippen molar-refractivity contribution in [2.24, 2.45) is 10.4 Å². The van der Waals surface area contributed by atoms with E-state index in [2.05, 4.69) is 31.5 Å². The van der Waals surface area contributed by atoms with E-state index in [1.807, 2.05) is 13.0 Å². The van der Waals surface area contributed by atoms with Crippen molar-refractivity contribution in [2.75, 3.05) is 0 Å². The lowest BCUT2D eigenvalue weighted by Gasteiger charge is -2.18. The molecule has 0 fully saturated rings. The topological polar surface area (TPSA) is 12.4 Å². The van der Waals surface area contributed by atoms with E-state index in [0.29, 0.717) is 5.03 Å². The third kappa shape index (κ3) is 2.87. The minimum Gasteiger partial charge on any atom is -0.257 e. The summed E-state index contributed by atoms with van der Waals surface area (Å²) in [6, 6.07) is 0. The van der Waals surface area contributed by atoms with Gasteiger partial charge in [-0.05, 0) is 13.0 Å². The Labute approximate surface area is 84.5 Å². The second-order valence-electron chi connectivity index (χ2n) is 4.17. The number of nitrogens with zero attached hydrogens (tertiary/aromatic N) is 1. The van der Waals surface area contributed by atoms with E-state index >= 15 is 0 Å². The molecular weight excluding hydrogens is 182 g/mol. The van der Waals surface area contributed by atoms with Crippen LogP contribution in [0.1, 0.15) is 27.7 Å². The zero-order chi connectivity index (χ0) is 10.1. The van der Waals surface area contributed by atoms with Crippen LogP contribution in [0.5, 0.6) is 0 Å². The average Bonchev–Trinajstić information content (AvgIpc) is 2.12. The molecule has 1 rings (SSSR count). The van der Waals surface area contributed by atoms with E-state index in [1.165, 1.54) is 0 Å². The van der Waals surface area contributed by atoms with E-state index in [9.17, 15) is 0 Å². The molecule has 0 amide bonds. The second-order valence-corrected chi connectivity index (χ2v) is 4.58. The number of aliphatic imine (C=N–C) groups is 1. The van der Waals surface area contributed by atoms with Gasteiger partial charge in [0.1, 0.15) is 0 Å². The first-order valence-electron chi connectivity index (χ1n) is 4.29. The smallest absolute Gasteiger partial charge is 0.0843 e. The SMILES string of the molecule is CC1=NC(C(C)(C)C)=CC(Cl)=C=C1. The summed E-state index contributed by atoms with van der Waals surface area (Å²) in [5.74, 6) is 0. The molecule has 0 aliphatic carbocycles. The van der Waals surface area contributed by atoms with Crippen LogP contribution < -0.4 is 0 Å². The van der Waals surface area contributed by atoms with Crippen molar-refractivity contribution in [2.45, 2.75) is 27.7 Å². The van der Waals surface area contributed by atoms with Crippen molar-refractivity contribution in [3.05, 3.63) is 28.6 Å². The van der Waals surface area contributed by atoms with Gasteiger partial charge in [0.2, 0.25) is 0 Å². The fourth-order valence-electron chi connectivity index (χ4n) is 0.974. The van der Waals surface area contributed by atoms with Gasteiger partial charge >= 0.3 is 0 Å². The van der Waals surface area contributed by atoms with Crippen LogP contribution in [0.4, 0.5) is 0 Å². The molecule has 0 spiro atoms. The highest BCUT2D eigenvalue weighted by Crippen LogP contribution is 2.29. The van der Waals surface area contributed by atoms with Gasteiger partial charge in [-0.25, -0.2) is 0 Å². The number of halogens is 1. The van der Waals surface area contributed by atoms with Crippen LogP contribution in [0, 0.1) is 5.41 Å². The molecule has 0 N–H and O–H groups in total. The van der Waals surface area contributed by atoms with E-state index in [0.717, 1.165) is 11.4 Å². The molecule has 0 bridgehead atoms. The number of hydrogen-bond donors (Lipinski definition) is 0. The van der Waals surface area contributed by atoms with Crippen molar-refractivity contribution in [3.63, 3.8) is 0 Å². The Balaban J connectivity index is 3.16. The highest BCUT2D eigenvalue weighted by atomic mass is 35.5. The summed E-state index contributed by atoms with van der Waals surface area (Å²) in [5, 5.41) is 0.616. The average molecular weight is 196 g/mol. The molecule has 1 nitrogen and oxygen atoms in total. The van der Waals surface area contributed by atoms with Gasteiger partial charge in [-0.2, -0.15) is 0 Å². The minimum atomic E-state index is 0.0290. The molecule has 1 aliphatic rings. The third-order valence-electron chi connectivity index (χ3n) is 1.75. The standard InChI is InChI=1S/C11H14ClN/c1-8-5-6-9(12)7-10(13-8)11(2,3)4/h5,7H,1-4H3. The Hall–Kier alpha value is -0.780. The highest BCUT2D eigenvalue weighted by molar-refractivity contribution is 6.31. The summed E-state index contributed by atoms with van der Waals surface area (Å²) in [4.78, 5) is 4.45. The molecule has 0 saturated carbocycles. The molecule has 1 aliphatic heterocycles. The molecule has 1 heterocycles. The van der Waals surface area contributed by atoms with E-state index in [1.54, 1.807) is 6.08 Å². The number of allylic oxidation sites excluding steroid dienone is 3. The molecular formula is C11H14ClN. The van der Waals surface area contributed by atoms with Gasteiger partial charge in [-0.3, -0.25) is 4.99 Å². The van der Waals surface area contributed by atoms with Crippen LogP contribution in [0.25, 0.3) is 0 Å². The lowest BCUT2D eigenvalue weighted by atomic mass is 9.92. The minimum absolute atomic E-state index is 0.0290. The van der Waals surface area contributed by atoms with Gasteiger partial charge in [-0.1, -0.05) is 38.1 Å². The van der Waals surface area contributed by atoms with Crippen molar-refractivity contribution < 1.29 is 0 Å². The Bertz CT molecular complexity index is 334. The van der Waals surface area contributed by atoms with Gasteiger partial charge in [0, 0.05) is 22.9 Å². The molecule has 0 unspecified atom stereocenters. The van der Waals surface area contributed by atoms with Crippen molar-refractivity contribution >= 4 is 17.3 Å². The van der Waals surface area contributed by atoms with Crippen LogP contribution in [0.15, 0.2) is 33.6 Å². The molecule has 0 aromatic rings. The van der Waals surface area contributed by atoms with Crippen LogP contribution in [-0.2, 0) is 0 Å². The first-order chi connectivity index (χ1) is 5.89. The maximum Gasteiger partial charge on any atom is 0.0843 e. The van der Waals surface area contributed by atoms with Crippen LogP contribution in [-0.4, -0.2) is 5.71 Å². The zero-order valence-electron chi connectivity index (χ0n) is 8.48. The monoisotopic (exact) mass is 195 g/mol. The predicted molar refractivity (Wildman–Crippen MR) is 58.1 cm³/mol. The summed E-state index contributed by atoms with van der Waals surface area (Å²) in [5.41, 5.74) is 4.91. The lowest BCUT2D eigenvalue weighted by molar-refractivity contribution is 0.498. The Morgan fingerprint density at radius 3 is 2.54 bits per heavy atom. The summed E-state index contributed by atoms with van der Waals surface area (Å²) in [6.45, 7) is 8.30. The Kier molecular flexibility index (Phi) is 2.80. The highest BCUT2D eigenvalue weighted by Gasteiger charge is 2.17. The molecule has 0 radical (unpaired) electrons. The largest absolute Gasteiger partial charge is 0.257 e. The summed E-state index contributed by atoms with van der Waals surface area (Å²) < 4.78 is 0. The van der Waals surface area contributed by atoms with Gasteiger partial charge in [0.05, 0.1) is 5.03 Å². The summed E-state index contributed by atoms with van der Waals surface area (Å²) >= 11 is 5.91. The third-order valence-corrected chi connectivity index (χ3v) is 1.97. The number of hydrogen-bond acceptors (Lipinski definition) is 1. The van der Waals surface area contributed by atoms with Gasteiger partial charge in [0.25, 0.3) is 0 Å². The fraction of sp³-hybridized carbons (Fsp3) is 0.455. The van der Waals surface area contributed by atoms with Gasteiger partial charge in [-0.15, -0.1) is 0 Å². The van der Waals surface area contributed by atoms with E-state index < -0.39 is 0 Å². The molecule has 0 atom stereocenters. The molecule has 0 aromatic carbocycles. The quantitative estimate of drug-likeness (QED) is 0.523. The maximum atomic E-state index is 5.91. The second kappa shape index (κ2) is 3.53. The first kappa shape index (κ1) is 10.3. The van der Waals surface area contributed by atoms with Crippen molar-refractivity contribution in [1.82, 2.24) is 0 Å².